The second-order valence-electron chi connectivity index (χ2n) is 6.21. The first-order valence-electron chi connectivity index (χ1n) is 8.31. The Bertz CT molecular complexity index is 863. The van der Waals surface area contributed by atoms with Crippen molar-refractivity contribution in [2.24, 2.45) is 7.05 Å². The van der Waals surface area contributed by atoms with E-state index >= 15 is 0 Å². The van der Waals surface area contributed by atoms with Crippen LogP contribution >= 0.6 is 0 Å². The monoisotopic (exact) mass is 337 g/mol. The van der Waals surface area contributed by atoms with Gasteiger partial charge in [0.05, 0.1) is 29.7 Å². The van der Waals surface area contributed by atoms with Crippen molar-refractivity contribution in [2.45, 2.75) is 18.9 Å². The lowest BCUT2D eigenvalue weighted by atomic mass is 10.0. The normalized spacial score (nSPS) is 15.5. The number of hydrogen-bond donors (Lipinski definition) is 0. The third-order valence-corrected chi connectivity index (χ3v) is 4.58. The molecule has 1 amide bonds. The lowest BCUT2D eigenvalue weighted by molar-refractivity contribution is 0.0689. The second-order valence-corrected chi connectivity index (χ2v) is 6.21. The highest BCUT2D eigenvalue weighted by Crippen LogP contribution is 2.26. The lowest BCUT2D eigenvalue weighted by Gasteiger charge is -2.32. The van der Waals surface area contributed by atoms with Crippen LogP contribution < -0.4 is 0 Å². The molecule has 0 N–H and O–H groups in total. The summed E-state index contributed by atoms with van der Waals surface area (Å²) in [5, 5.41) is 12.1. The summed E-state index contributed by atoms with van der Waals surface area (Å²) in [6, 6.07) is 3.94. The summed E-state index contributed by atoms with van der Waals surface area (Å²) in [7, 11) is 1.85. The number of nitrogens with zero attached hydrogens (tertiary/aromatic N) is 7. The van der Waals surface area contributed by atoms with Crippen LogP contribution in [0.5, 0.6) is 0 Å². The number of likely N-dealkylation sites (tertiary alicyclic amines) is 1. The van der Waals surface area contributed by atoms with Crippen LogP contribution in [0.25, 0.3) is 11.3 Å². The van der Waals surface area contributed by atoms with Gasteiger partial charge in [-0.2, -0.15) is 5.10 Å². The van der Waals surface area contributed by atoms with E-state index in [1.807, 2.05) is 35.1 Å². The largest absolute Gasteiger partial charge is 0.338 e. The molecule has 8 heteroatoms. The van der Waals surface area contributed by atoms with Gasteiger partial charge in [0, 0.05) is 44.3 Å². The summed E-state index contributed by atoms with van der Waals surface area (Å²) in [5.41, 5.74) is 2.15. The second kappa shape index (κ2) is 6.46. The van der Waals surface area contributed by atoms with E-state index in [1.54, 1.807) is 29.3 Å². The molecule has 0 atom stereocenters. The van der Waals surface area contributed by atoms with E-state index in [-0.39, 0.29) is 5.91 Å². The van der Waals surface area contributed by atoms with E-state index in [0.29, 0.717) is 30.4 Å². The van der Waals surface area contributed by atoms with Gasteiger partial charge in [-0.05, 0) is 25.0 Å². The Morgan fingerprint density at radius 1 is 1.24 bits per heavy atom. The third-order valence-electron chi connectivity index (χ3n) is 4.58. The van der Waals surface area contributed by atoms with E-state index in [1.165, 1.54) is 0 Å². The van der Waals surface area contributed by atoms with Crippen LogP contribution in [-0.4, -0.2) is 53.7 Å². The molecule has 0 spiro atoms. The van der Waals surface area contributed by atoms with Crippen LogP contribution in [0.4, 0.5) is 0 Å². The Balaban J connectivity index is 1.52. The highest BCUT2D eigenvalue weighted by Gasteiger charge is 2.26. The standard InChI is InChI=1S/C17H19N7O/c1-22-12-13(11-20-22)16-15(3-2-6-18-16)17(25)23-8-4-14(5-9-23)24-10-7-19-21-24/h2-3,6-7,10-12,14H,4-5,8-9H2,1H3. The smallest absolute Gasteiger partial charge is 0.256 e. The zero-order chi connectivity index (χ0) is 17.2. The van der Waals surface area contributed by atoms with Crippen LogP contribution in [0.3, 0.4) is 0 Å². The van der Waals surface area contributed by atoms with Gasteiger partial charge in [-0.25, -0.2) is 4.68 Å². The summed E-state index contributed by atoms with van der Waals surface area (Å²) in [6.45, 7) is 1.40. The quantitative estimate of drug-likeness (QED) is 0.724. The minimum absolute atomic E-state index is 0.0176. The van der Waals surface area contributed by atoms with Crippen LogP contribution in [0.2, 0.25) is 0 Å². The molecule has 25 heavy (non-hydrogen) atoms. The van der Waals surface area contributed by atoms with Gasteiger partial charge < -0.3 is 4.90 Å². The van der Waals surface area contributed by atoms with Crippen molar-refractivity contribution in [2.75, 3.05) is 13.1 Å². The number of aromatic nitrogens is 6. The van der Waals surface area contributed by atoms with Crippen molar-refractivity contribution >= 4 is 5.91 Å². The van der Waals surface area contributed by atoms with Crippen LogP contribution in [0.1, 0.15) is 29.2 Å². The van der Waals surface area contributed by atoms with Crippen LogP contribution in [0.15, 0.2) is 43.1 Å². The fourth-order valence-electron chi connectivity index (χ4n) is 3.27. The number of hydrogen-bond acceptors (Lipinski definition) is 5. The number of pyridine rings is 1. The molecule has 0 aliphatic carbocycles. The fraction of sp³-hybridized carbons (Fsp3) is 0.353. The van der Waals surface area contributed by atoms with Crippen molar-refractivity contribution in [3.8, 4) is 11.3 Å². The highest BCUT2D eigenvalue weighted by atomic mass is 16.2. The Labute approximate surface area is 145 Å². The lowest BCUT2D eigenvalue weighted by Crippen LogP contribution is -2.39. The molecular weight excluding hydrogens is 318 g/mol. The average molecular weight is 337 g/mol. The molecule has 3 aromatic rings. The highest BCUT2D eigenvalue weighted by molar-refractivity contribution is 5.99. The maximum absolute atomic E-state index is 13.0. The number of piperidine rings is 1. The van der Waals surface area contributed by atoms with E-state index in [2.05, 4.69) is 20.4 Å². The van der Waals surface area contributed by atoms with Gasteiger partial charge in [-0.1, -0.05) is 5.21 Å². The van der Waals surface area contributed by atoms with Crippen LogP contribution in [0, 0.1) is 0 Å². The molecular formula is C17H19N7O. The van der Waals surface area contributed by atoms with Crippen molar-refractivity contribution in [3.05, 3.63) is 48.7 Å². The van der Waals surface area contributed by atoms with Crippen molar-refractivity contribution in [3.63, 3.8) is 0 Å². The van der Waals surface area contributed by atoms with Gasteiger partial charge in [-0.3, -0.25) is 14.5 Å². The molecule has 1 aliphatic heterocycles. The molecule has 1 fully saturated rings. The Hall–Kier alpha value is -3.03. The van der Waals surface area contributed by atoms with Gasteiger partial charge in [0.1, 0.15) is 0 Å². The minimum Gasteiger partial charge on any atom is -0.338 e. The topological polar surface area (TPSA) is 81.7 Å². The summed E-state index contributed by atoms with van der Waals surface area (Å²) in [4.78, 5) is 19.3. The molecule has 8 nitrogen and oxygen atoms in total. The Morgan fingerprint density at radius 3 is 2.76 bits per heavy atom. The number of aryl methyl sites for hydroxylation is 1. The summed E-state index contributed by atoms with van der Waals surface area (Å²) < 4.78 is 3.59. The number of rotatable bonds is 3. The number of carbonyl (C=O) groups is 1. The predicted molar refractivity (Wildman–Crippen MR) is 90.6 cm³/mol. The number of carbonyl (C=O) groups excluding carboxylic acids is 1. The molecule has 0 bridgehead atoms. The van der Waals surface area contributed by atoms with Crippen molar-refractivity contribution < 1.29 is 4.79 Å². The minimum atomic E-state index is 0.0176. The molecule has 0 aromatic carbocycles. The summed E-state index contributed by atoms with van der Waals surface area (Å²) in [5.74, 6) is 0.0176. The molecule has 1 aliphatic rings. The molecule has 0 unspecified atom stereocenters. The molecule has 0 saturated carbocycles. The molecule has 3 aromatic heterocycles. The SMILES string of the molecule is Cn1cc(-c2ncccc2C(=O)N2CCC(n3ccnn3)CC2)cn1. The van der Waals surface area contributed by atoms with E-state index in [9.17, 15) is 4.79 Å². The molecule has 1 saturated heterocycles. The van der Waals surface area contributed by atoms with E-state index < -0.39 is 0 Å². The Morgan fingerprint density at radius 2 is 2.08 bits per heavy atom. The molecule has 0 radical (unpaired) electrons. The maximum Gasteiger partial charge on any atom is 0.256 e. The zero-order valence-corrected chi connectivity index (χ0v) is 14.0. The third kappa shape index (κ3) is 3.02. The van der Waals surface area contributed by atoms with E-state index in [0.717, 1.165) is 18.4 Å². The van der Waals surface area contributed by atoms with Gasteiger partial charge in [-0.15, -0.1) is 5.10 Å². The summed E-state index contributed by atoms with van der Waals surface area (Å²) in [6.07, 6.45) is 10.6. The number of amides is 1. The van der Waals surface area contributed by atoms with Gasteiger partial charge in [0.2, 0.25) is 0 Å². The van der Waals surface area contributed by atoms with Crippen molar-refractivity contribution in [1.29, 1.82) is 0 Å². The molecule has 128 valence electrons. The maximum atomic E-state index is 13.0. The first kappa shape index (κ1) is 15.5. The Kier molecular flexibility index (Phi) is 4.01. The molecule has 4 rings (SSSR count). The van der Waals surface area contributed by atoms with Crippen LogP contribution in [-0.2, 0) is 7.05 Å². The summed E-state index contributed by atoms with van der Waals surface area (Å²) >= 11 is 0. The molecule has 4 heterocycles. The van der Waals surface area contributed by atoms with Gasteiger partial charge in [0.25, 0.3) is 5.91 Å². The fourth-order valence-corrected chi connectivity index (χ4v) is 3.27. The zero-order valence-electron chi connectivity index (χ0n) is 14.0. The van der Waals surface area contributed by atoms with Gasteiger partial charge >= 0.3 is 0 Å². The first-order valence-corrected chi connectivity index (χ1v) is 8.31. The average Bonchev–Trinajstić information content (AvgIpc) is 3.33. The predicted octanol–water partition coefficient (Wildman–Crippen LogP) is 1.55. The van der Waals surface area contributed by atoms with Gasteiger partial charge in [0.15, 0.2) is 0 Å². The van der Waals surface area contributed by atoms with Crippen molar-refractivity contribution in [1.82, 2.24) is 34.7 Å². The first-order chi connectivity index (χ1) is 12.2. The van der Waals surface area contributed by atoms with E-state index in [4.69, 9.17) is 0 Å².